The van der Waals surface area contributed by atoms with Crippen molar-refractivity contribution in [2.24, 2.45) is 4.99 Å². The van der Waals surface area contributed by atoms with Crippen LogP contribution in [-0.2, 0) is 6.54 Å². The number of amides is 1. The van der Waals surface area contributed by atoms with Crippen molar-refractivity contribution in [3.8, 4) is 0 Å². The minimum absolute atomic E-state index is 0. The van der Waals surface area contributed by atoms with Crippen molar-refractivity contribution >= 4 is 35.8 Å². The van der Waals surface area contributed by atoms with E-state index in [-0.39, 0.29) is 36.0 Å². The van der Waals surface area contributed by atoms with E-state index in [9.17, 15) is 9.90 Å². The SMILES string of the molecule is CCNC(=NCc1ccc(C(=O)N(CC)CC)cc1)NC1CCC(O)CC1.I. The second-order valence-corrected chi connectivity index (χ2v) is 7.02. The average Bonchev–Trinajstić information content (AvgIpc) is 2.69. The van der Waals surface area contributed by atoms with Crippen molar-refractivity contribution in [3.05, 3.63) is 35.4 Å². The third-order valence-electron chi connectivity index (χ3n) is 5.05. The molecule has 0 heterocycles. The van der Waals surface area contributed by atoms with Gasteiger partial charge in [0.15, 0.2) is 5.96 Å². The van der Waals surface area contributed by atoms with Gasteiger partial charge in [-0.3, -0.25) is 4.79 Å². The third kappa shape index (κ3) is 7.58. The van der Waals surface area contributed by atoms with Gasteiger partial charge in [-0.05, 0) is 64.2 Å². The Morgan fingerprint density at radius 3 is 2.25 bits per heavy atom. The minimum atomic E-state index is -0.153. The molecular weight excluding hydrogens is 467 g/mol. The lowest BCUT2D eigenvalue weighted by Crippen LogP contribution is -2.45. The van der Waals surface area contributed by atoms with Gasteiger partial charge >= 0.3 is 0 Å². The van der Waals surface area contributed by atoms with Crippen molar-refractivity contribution in [2.45, 2.75) is 65.1 Å². The smallest absolute Gasteiger partial charge is 0.253 e. The van der Waals surface area contributed by atoms with Crippen molar-refractivity contribution < 1.29 is 9.90 Å². The zero-order valence-electron chi connectivity index (χ0n) is 17.3. The van der Waals surface area contributed by atoms with Gasteiger partial charge in [0, 0.05) is 31.2 Å². The zero-order chi connectivity index (χ0) is 19.6. The molecule has 7 heteroatoms. The highest BCUT2D eigenvalue weighted by Gasteiger charge is 2.20. The Kier molecular flexibility index (Phi) is 11.4. The summed E-state index contributed by atoms with van der Waals surface area (Å²) in [7, 11) is 0. The normalized spacial score (nSPS) is 19.5. The fourth-order valence-electron chi connectivity index (χ4n) is 3.35. The molecule has 3 N–H and O–H groups in total. The van der Waals surface area contributed by atoms with Crippen LogP contribution >= 0.6 is 24.0 Å². The Morgan fingerprint density at radius 1 is 1.11 bits per heavy atom. The number of rotatable bonds is 7. The fourth-order valence-corrected chi connectivity index (χ4v) is 3.35. The molecule has 6 nitrogen and oxygen atoms in total. The number of guanidine groups is 1. The number of hydrogen-bond donors (Lipinski definition) is 3. The lowest BCUT2D eigenvalue weighted by Gasteiger charge is -2.27. The predicted molar refractivity (Wildman–Crippen MR) is 125 cm³/mol. The van der Waals surface area contributed by atoms with Crippen molar-refractivity contribution in [1.29, 1.82) is 0 Å². The number of nitrogens with zero attached hydrogens (tertiary/aromatic N) is 2. The van der Waals surface area contributed by atoms with Crippen LogP contribution < -0.4 is 10.6 Å². The second-order valence-electron chi connectivity index (χ2n) is 7.02. The van der Waals surface area contributed by atoms with Gasteiger partial charge in [0.1, 0.15) is 0 Å². The van der Waals surface area contributed by atoms with Gasteiger partial charge in [0.2, 0.25) is 0 Å². The number of aliphatic hydroxyl groups excluding tert-OH is 1. The first-order valence-corrected chi connectivity index (χ1v) is 10.2. The number of hydrogen-bond acceptors (Lipinski definition) is 3. The molecule has 0 unspecified atom stereocenters. The second kappa shape index (κ2) is 13.0. The van der Waals surface area contributed by atoms with E-state index in [1.54, 1.807) is 0 Å². The van der Waals surface area contributed by atoms with E-state index in [4.69, 9.17) is 0 Å². The lowest BCUT2D eigenvalue weighted by molar-refractivity contribution is 0.0773. The fraction of sp³-hybridized carbons (Fsp3) is 0.619. The van der Waals surface area contributed by atoms with Crippen molar-refractivity contribution in [2.75, 3.05) is 19.6 Å². The van der Waals surface area contributed by atoms with Crippen LogP contribution in [0.5, 0.6) is 0 Å². The highest BCUT2D eigenvalue weighted by molar-refractivity contribution is 14.0. The first-order chi connectivity index (χ1) is 13.1. The van der Waals surface area contributed by atoms with Gasteiger partial charge in [0.25, 0.3) is 5.91 Å². The molecule has 1 fully saturated rings. The van der Waals surface area contributed by atoms with Gasteiger partial charge in [-0.15, -0.1) is 24.0 Å². The van der Waals surface area contributed by atoms with Crippen molar-refractivity contribution in [1.82, 2.24) is 15.5 Å². The van der Waals surface area contributed by atoms with Gasteiger partial charge in [0.05, 0.1) is 12.6 Å². The molecule has 2 rings (SSSR count). The highest BCUT2D eigenvalue weighted by Crippen LogP contribution is 2.18. The summed E-state index contributed by atoms with van der Waals surface area (Å²) in [4.78, 5) is 18.9. The zero-order valence-corrected chi connectivity index (χ0v) is 19.6. The summed E-state index contributed by atoms with van der Waals surface area (Å²) in [5.41, 5.74) is 1.79. The third-order valence-corrected chi connectivity index (χ3v) is 5.05. The number of benzene rings is 1. The van der Waals surface area contributed by atoms with Gasteiger partial charge in [-0.2, -0.15) is 0 Å². The summed E-state index contributed by atoms with van der Waals surface area (Å²) < 4.78 is 0. The van der Waals surface area contributed by atoms with E-state index in [0.29, 0.717) is 12.6 Å². The summed E-state index contributed by atoms with van der Waals surface area (Å²) in [6, 6.07) is 8.07. The molecule has 0 atom stereocenters. The molecule has 0 radical (unpaired) electrons. The summed E-state index contributed by atoms with van der Waals surface area (Å²) in [5.74, 6) is 0.881. The molecule has 1 aromatic carbocycles. The molecule has 0 aromatic heterocycles. The summed E-state index contributed by atoms with van der Waals surface area (Å²) in [5, 5.41) is 16.4. The minimum Gasteiger partial charge on any atom is -0.393 e. The number of halogens is 1. The van der Waals surface area contributed by atoms with E-state index in [0.717, 1.165) is 62.4 Å². The molecule has 0 spiro atoms. The number of nitrogens with one attached hydrogen (secondary N) is 2. The summed E-state index contributed by atoms with van der Waals surface area (Å²) in [6.07, 6.45) is 3.47. The molecular formula is C21H35IN4O2. The Balaban J connectivity index is 0.00000392. The molecule has 1 aromatic rings. The van der Waals surface area contributed by atoms with Crippen LogP contribution in [0.4, 0.5) is 0 Å². The van der Waals surface area contributed by atoms with Gasteiger partial charge in [-0.25, -0.2) is 4.99 Å². The Hall–Kier alpha value is -1.35. The Bertz CT molecular complexity index is 609. The van der Waals surface area contributed by atoms with Crippen LogP contribution in [0.25, 0.3) is 0 Å². The van der Waals surface area contributed by atoms with Gasteiger partial charge in [-0.1, -0.05) is 12.1 Å². The number of aliphatic imine (C=N–C) groups is 1. The van der Waals surface area contributed by atoms with Crippen LogP contribution in [0, 0.1) is 0 Å². The molecule has 1 aliphatic carbocycles. The van der Waals surface area contributed by atoms with E-state index in [1.807, 2.05) is 43.0 Å². The van der Waals surface area contributed by atoms with Crippen LogP contribution in [0.3, 0.4) is 0 Å². The number of aliphatic hydroxyl groups is 1. The number of carbonyl (C=O) groups is 1. The maximum atomic E-state index is 12.4. The van der Waals surface area contributed by atoms with E-state index in [1.165, 1.54) is 0 Å². The lowest BCUT2D eigenvalue weighted by atomic mass is 9.93. The topological polar surface area (TPSA) is 77.0 Å². The molecule has 1 aliphatic rings. The molecule has 0 bridgehead atoms. The largest absolute Gasteiger partial charge is 0.393 e. The quantitative estimate of drug-likeness (QED) is 0.304. The van der Waals surface area contributed by atoms with Crippen LogP contribution in [0.1, 0.15) is 62.4 Å². The van der Waals surface area contributed by atoms with E-state index in [2.05, 4.69) is 22.5 Å². The Morgan fingerprint density at radius 2 is 1.71 bits per heavy atom. The van der Waals surface area contributed by atoms with Gasteiger partial charge < -0.3 is 20.6 Å². The first-order valence-electron chi connectivity index (χ1n) is 10.2. The molecule has 0 aliphatic heterocycles. The molecule has 158 valence electrons. The molecule has 0 saturated heterocycles. The standard InChI is InChI=1S/C21H34N4O2.HI/c1-4-22-21(24-18-11-13-19(26)14-12-18)23-15-16-7-9-17(10-8-16)20(27)25(5-2)6-3;/h7-10,18-19,26H,4-6,11-15H2,1-3H3,(H2,22,23,24);1H. The monoisotopic (exact) mass is 502 g/mol. The molecule has 1 amide bonds. The maximum absolute atomic E-state index is 12.4. The Labute approximate surface area is 186 Å². The average molecular weight is 502 g/mol. The first kappa shape index (κ1) is 24.7. The van der Waals surface area contributed by atoms with E-state index < -0.39 is 0 Å². The molecule has 1 saturated carbocycles. The van der Waals surface area contributed by atoms with Crippen LogP contribution in [0.2, 0.25) is 0 Å². The van der Waals surface area contributed by atoms with E-state index >= 15 is 0 Å². The van der Waals surface area contributed by atoms with Crippen LogP contribution in [0.15, 0.2) is 29.3 Å². The van der Waals surface area contributed by atoms with Crippen molar-refractivity contribution in [3.63, 3.8) is 0 Å². The predicted octanol–water partition coefficient (Wildman–Crippen LogP) is 3.15. The highest BCUT2D eigenvalue weighted by atomic mass is 127. The summed E-state index contributed by atoms with van der Waals surface area (Å²) in [6.45, 7) is 8.84. The molecule has 28 heavy (non-hydrogen) atoms. The van der Waals surface area contributed by atoms with Crippen LogP contribution in [-0.4, -0.2) is 53.7 Å². The maximum Gasteiger partial charge on any atom is 0.253 e. The number of carbonyl (C=O) groups excluding carboxylic acids is 1. The summed E-state index contributed by atoms with van der Waals surface area (Å²) >= 11 is 0.